The van der Waals surface area contributed by atoms with Crippen molar-refractivity contribution in [1.82, 2.24) is 5.32 Å². The zero-order valence-electron chi connectivity index (χ0n) is 11.9. The lowest BCUT2D eigenvalue weighted by atomic mass is 10.1. The Morgan fingerprint density at radius 1 is 1.57 bits per heavy atom. The summed E-state index contributed by atoms with van der Waals surface area (Å²) in [5.41, 5.74) is 5.86. The molecule has 0 radical (unpaired) electrons. The Balaban J connectivity index is 2.15. The zero-order valence-corrected chi connectivity index (χ0v) is 11.9. The predicted molar refractivity (Wildman–Crippen MR) is 76.9 cm³/mol. The summed E-state index contributed by atoms with van der Waals surface area (Å²) in [5.74, 6) is -0.563. The topological polar surface area (TPSA) is 107 Å². The van der Waals surface area contributed by atoms with Crippen LogP contribution >= 0.6 is 0 Å². The number of primary amides is 1. The molecule has 1 amide bonds. The first-order valence-electron chi connectivity index (χ1n) is 6.98. The highest BCUT2D eigenvalue weighted by molar-refractivity contribution is 5.79. The lowest BCUT2D eigenvalue weighted by Crippen LogP contribution is -2.33. The summed E-state index contributed by atoms with van der Waals surface area (Å²) in [6, 6.07) is 5.27. The van der Waals surface area contributed by atoms with E-state index in [0.717, 1.165) is 18.4 Å². The van der Waals surface area contributed by atoms with E-state index in [1.165, 1.54) is 12.1 Å². The van der Waals surface area contributed by atoms with Gasteiger partial charge < -0.3 is 15.8 Å². The number of carbonyl (C=O) groups excluding carboxylic acids is 1. The van der Waals surface area contributed by atoms with Crippen LogP contribution in [0.3, 0.4) is 0 Å². The van der Waals surface area contributed by atoms with Crippen LogP contribution in [0.1, 0.15) is 31.7 Å². The number of nitrogens with one attached hydrogen (secondary N) is 1. The molecule has 21 heavy (non-hydrogen) atoms. The Labute approximate surface area is 122 Å². The summed E-state index contributed by atoms with van der Waals surface area (Å²) < 4.78 is 5.37. The number of hydrogen-bond donors (Lipinski definition) is 2. The zero-order chi connectivity index (χ0) is 15.4. The van der Waals surface area contributed by atoms with Gasteiger partial charge in [-0.2, -0.15) is 0 Å². The molecule has 114 valence electrons. The molecule has 1 aromatic rings. The molecule has 1 aliphatic carbocycles. The molecule has 1 saturated carbocycles. The molecule has 2 rings (SSSR count). The maximum absolute atomic E-state index is 11.2. The molecule has 1 atom stereocenters. The SMILES string of the molecule is CCC(Oc1ccc(CNC2CC2)cc1[N+](=O)[O-])C(N)=O. The largest absolute Gasteiger partial charge is 0.473 e. The van der Waals surface area contributed by atoms with Gasteiger partial charge in [0.25, 0.3) is 5.91 Å². The second-order valence-corrected chi connectivity index (χ2v) is 5.13. The smallest absolute Gasteiger partial charge is 0.311 e. The van der Waals surface area contributed by atoms with Crippen LogP contribution in [0.5, 0.6) is 5.75 Å². The highest BCUT2D eigenvalue weighted by Gasteiger charge is 2.23. The number of rotatable bonds is 8. The lowest BCUT2D eigenvalue weighted by Gasteiger charge is -2.14. The first-order chi connectivity index (χ1) is 10.0. The first-order valence-corrected chi connectivity index (χ1v) is 6.98. The van der Waals surface area contributed by atoms with Gasteiger partial charge in [-0.3, -0.25) is 14.9 Å². The lowest BCUT2D eigenvalue weighted by molar-refractivity contribution is -0.386. The highest BCUT2D eigenvalue weighted by atomic mass is 16.6. The highest BCUT2D eigenvalue weighted by Crippen LogP contribution is 2.29. The van der Waals surface area contributed by atoms with Crippen LogP contribution in [-0.4, -0.2) is 23.0 Å². The Bertz CT molecular complexity index is 543. The second-order valence-electron chi connectivity index (χ2n) is 5.13. The van der Waals surface area contributed by atoms with E-state index in [2.05, 4.69) is 5.32 Å². The van der Waals surface area contributed by atoms with Gasteiger partial charge in [-0.15, -0.1) is 0 Å². The van der Waals surface area contributed by atoms with E-state index in [4.69, 9.17) is 10.5 Å². The van der Waals surface area contributed by atoms with Crippen molar-refractivity contribution in [2.24, 2.45) is 5.73 Å². The number of nitrogens with two attached hydrogens (primary N) is 1. The Kier molecular flexibility index (Phi) is 4.74. The molecule has 0 aromatic heterocycles. The summed E-state index contributed by atoms with van der Waals surface area (Å²) in [5, 5.41) is 14.4. The van der Waals surface area contributed by atoms with Gasteiger partial charge in [-0.1, -0.05) is 13.0 Å². The monoisotopic (exact) mass is 293 g/mol. The fourth-order valence-electron chi connectivity index (χ4n) is 1.96. The molecule has 0 spiro atoms. The number of benzene rings is 1. The van der Waals surface area contributed by atoms with E-state index in [1.807, 2.05) is 0 Å². The molecule has 0 saturated heterocycles. The third-order valence-electron chi connectivity index (χ3n) is 3.35. The van der Waals surface area contributed by atoms with Gasteiger partial charge in [0.2, 0.25) is 0 Å². The molecular weight excluding hydrogens is 274 g/mol. The summed E-state index contributed by atoms with van der Waals surface area (Å²) in [6.07, 6.45) is 1.80. The van der Waals surface area contributed by atoms with Crippen LogP contribution in [0.4, 0.5) is 5.69 Å². The van der Waals surface area contributed by atoms with E-state index in [9.17, 15) is 14.9 Å². The average Bonchev–Trinajstić information content (AvgIpc) is 3.26. The van der Waals surface area contributed by atoms with Crippen LogP contribution < -0.4 is 15.8 Å². The fraction of sp³-hybridized carbons (Fsp3) is 0.500. The van der Waals surface area contributed by atoms with Crippen LogP contribution in [0, 0.1) is 10.1 Å². The Morgan fingerprint density at radius 3 is 2.81 bits per heavy atom. The van der Waals surface area contributed by atoms with E-state index in [1.54, 1.807) is 13.0 Å². The van der Waals surface area contributed by atoms with Crippen molar-refractivity contribution < 1.29 is 14.5 Å². The van der Waals surface area contributed by atoms with Gasteiger partial charge in [0.05, 0.1) is 4.92 Å². The number of carbonyl (C=O) groups is 1. The van der Waals surface area contributed by atoms with Gasteiger partial charge in [-0.25, -0.2) is 0 Å². The minimum absolute atomic E-state index is 0.0702. The standard InChI is InChI=1S/C14H19N3O4/c1-2-12(14(15)18)21-13-6-3-9(7-11(13)17(19)20)8-16-10-4-5-10/h3,6-7,10,12,16H,2,4-5,8H2,1H3,(H2,15,18). The van der Waals surface area contributed by atoms with E-state index in [0.29, 0.717) is 19.0 Å². The summed E-state index contributed by atoms with van der Waals surface area (Å²) >= 11 is 0. The quantitative estimate of drug-likeness (QED) is 0.557. The van der Waals surface area contributed by atoms with Gasteiger partial charge in [0, 0.05) is 18.7 Å². The van der Waals surface area contributed by atoms with Gasteiger partial charge in [-0.05, 0) is 30.9 Å². The van der Waals surface area contributed by atoms with E-state index in [-0.39, 0.29) is 11.4 Å². The molecule has 0 aliphatic heterocycles. The van der Waals surface area contributed by atoms with Crippen molar-refractivity contribution in [3.05, 3.63) is 33.9 Å². The van der Waals surface area contributed by atoms with Crippen LogP contribution in [0.15, 0.2) is 18.2 Å². The average molecular weight is 293 g/mol. The number of ether oxygens (including phenoxy) is 1. The molecule has 1 aromatic carbocycles. The molecule has 3 N–H and O–H groups in total. The van der Waals surface area contributed by atoms with Gasteiger partial charge in [0.1, 0.15) is 0 Å². The number of nitrogens with zero attached hydrogens (tertiary/aromatic N) is 1. The molecule has 1 unspecified atom stereocenters. The maximum atomic E-state index is 11.2. The van der Waals surface area contributed by atoms with Crippen LogP contribution in [0.25, 0.3) is 0 Å². The predicted octanol–water partition coefficient (Wildman–Crippen LogP) is 1.49. The minimum atomic E-state index is -0.862. The van der Waals surface area contributed by atoms with Crippen molar-refractivity contribution in [3.63, 3.8) is 0 Å². The Morgan fingerprint density at radius 2 is 2.29 bits per heavy atom. The summed E-state index contributed by atoms with van der Waals surface area (Å²) in [7, 11) is 0. The molecule has 0 heterocycles. The van der Waals surface area contributed by atoms with E-state index >= 15 is 0 Å². The number of nitro benzene ring substituents is 1. The molecule has 1 fully saturated rings. The van der Waals surface area contributed by atoms with Gasteiger partial charge in [0.15, 0.2) is 11.9 Å². The molecule has 1 aliphatic rings. The molecule has 7 nitrogen and oxygen atoms in total. The molecule has 0 bridgehead atoms. The fourth-order valence-corrected chi connectivity index (χ4v) is 1.96. The number of amides is 1. The summed E-state index contributed by atoms with van der Waals surface area (Å²) in [6.45, 7) is 2.31. The third kappa shape index (κ3) is 4.16. The number of nitro groups is 1. The van der Waals surface area contributed by atoms with E-state index < -0.39 is 16.9 Å². The van der Waals surface area contributed by atoms with Crippen molar-refractivity contribution in [3.8, 4) is 5.75 Å². The van der Waals surface area contributed by atoms with Crippen molar-refractivity contribution in [1.29, 1.82) is 0 Å². The third-order valence-corrected chi connectivity index (χ3v) is 3.35. The van der Waals surface area contributed by atoms with Crippen molar-refractivity contribution in [2.75, 3.05) is 0 Å². The summed E-state index contributed by atoms with van der Waals surface area (Å²) in [4.78, 5) is 21.8. The van der Waals surface area contributed by atoms with Gasteiger partial charge >= 0.3 is 5.69 Å². The van der Waals surface area contributed by atoms with Crippen molar-refractivity contribution >= 4 is 11.6 Å². The van der Waals surface area contributed by atoms with Crippen LogP contribution in [0.2, 0.25) is 0 Å². The first kappa shape index (κ1) is 15.2. The number of hydrogen-bond acceptors (Lipinski definition) is 5. The second kappa shape index (κ2) is 6.53. The maximum Gasteiger partial charge on any atom is 0.311 e. The van der Waals surface area contributed by atoms with Crippen LogP contribution in [-0.2, 0) is 11.3 Å². The molecule has 7 heteroatoms. The molecular formula is C14H19N3O4. The Hall–Kier alpha value is -2.15. The minimum Gasteiger partial charge on any atom is -0.473 e. The van der Waals surface area contributed by atoms with Crippen molar-refractivity contribution in [2.45, 2.75) is 44.9 Å². The normalized spacial score (nSPS) is 15.5.